The largest absolute Gasteiger partial charge is 0.497 e. The third kappa shape index (κ3) is 7.16. The number of amides is 2. The number of rotatable bonds is 11. The van der Waals surface area contributed by atoms with Crippen LogP contribution < -0.4 is 24.3 Å². The molecule has 12 heteroatoms. The standard InChI is InChI=1S/C41H40N6O6/c1-50-30-16-14-29(15-17-30)35-24-34(43-38-25-33(44-47(35)38)28-10-6-5-7-11-28)41(49)46-20-18-45(19-21-46)40(48)31-12-8-9-13-32(31)42-26-27-22-36(51-2)39(53-4)37(23-27)52-3/h5-17,22-25,42H,18-21,26H2,1-4H3. The van der Waals surface area contributed by atoms with E-state index in [-0.39, 0.29) is 11.8 Å². The lowest BCUT2D eigenvalue weighted by Crippen LogP contribution is -2.50. The fourth-order valence-electron chi connectivity index (χ4n) is 6.50. The molecule has 0 atom stereocenters. The van der Waals surface area contributed by atoms with E-state index in [0.29, 0.717) is 72.6 Å². The molecule has 12 nitrogen and oxygen atoms in total. The summed E-state index contributed by atoms with van der Waals surface area (Å²) in [6.45, 7) is 1.91. The smallest absolute Gasteiger partial charge is 0.272 e. The molecule has 1 aliphatic rings. The van der Waals surface area contributed by atoms with Gasteiger partial charge in [-0.3, -0.25) is 9.59 Å². The van der Waals surface area contributed by atoms with Crippen molar-refractivity contribution in [3.63, 3.8) is 0 Å². The molecule has 0 bridgehead atoms. The van der Waals surface area contributed by atoms with E-state index in [9.17, 15) is 9.59 Å². The van der Waals surface area contributed by atoms with Gasteiger partial charge in [0.1, 0.15) is 11.4 Å². The zero-order chi connectivity index (χ0) is 36.9. The summed E-state index contributed by atoms with van der Waals surface area (Å²) < 4.78 is 23.6. The van der Waals surface area contributed by atoms with Gasteiger partial charge in [-0.2, -0.15) is 5.10 Å². The minimum Gasteiger partial charge on any atom is -0.497 e. The van der Waals surface area contributed by atoms with Crippen LogP contribution in [-0.4, -0.2) is 90.8 Å². The summed E-state index contributed by atoms with van der Waals surface area (Å²) >= 11 is 0. The van der Waals surface area contributed by atoms with Crippen molar-refractivity contribution in [1.29, 1.82) is 0 Å². The van der Waals surface area contributed by atoms with Crippen LogP contribution in [0.3, 0.4) is 0 Å². The maximum absolute atomic E-state index is 14.0. The molecule has 2 amide bonds. The minimum atomic E-state index is -0.204. The lowest BCUT2D eigenvalue weighted by Gasteiger charge is -2.35. The normalized spacial score (nSPS) is 12.8. The number of anilines is 1. The van der Waals surface area contributed by atoms with E-state index in [1.165, 1.54) is 0 Å². The summed E-state index contributed by atoms with van der Waals surface area (Å²) in [5.41, 5.74) is 6.30. The van der Waals surface area contributed by atoms with Gasteiger partial charge in [0.15, 0.2) is 17.1 Å². The molecule has 0 aliphatic carbocycles. The van der Waals surface area contributed by atoms with Crippen molar-refractivity contribution in [2.45, 2.75) is 6.54 Å². The third-order valence-corrected chi connectivity index (χ3v) is 9.32. The lowest BCUT2D eigenvalue weighted by molar-refractivity contribution is 0.0533. The van der Waals surface area contributed by atoms with Crippen molar-refractivity contribution in [1.82, 2.24) is 24.4 Å². The molecule has 2 aromatic heterocycles. The summed E-state index contributed by atoms with van der Waals surface area (Å²) in [4.78, 5) is 36.2. The number of hydrogen-bond donors (Lipinski definition) is 1. The first kappa shape index (κ1) is 34.9. The second-order valence-electron chi connectivity index (χ2n) is 12.4. The molecule has 53 heavy (non-hydrogen) atoms. The highest BCUT2D eigenvalue weighted by molar-refractivity contribution is 6.00. The van der Waals surface area contributed by atoms with Crippen molar-refractivity contribution in [2.75, 3.05) is 59.9 Å². The van der Waals surface area contributed by atoms with Gasteiger partial charge in [0.25, 0.3) is 11.8 Å². The maximum atomic E-state index is 14.0. The van der Waals surface area contributed by atoms with E-state index in [1.807, 2.05) is 97.1 Å². The molecule has 3 heterocycles. The van der Waals surface area contributed by atoms with E-state index in [2.05, 4.69) is 5.32 Å². The zero-order valence-electron chi connectivity index (χ0n) is 30.0. The summed E-state index contributed by atoms with van der Waals surface area (Å²) in [7, 11) is 6.34. The first-order valence-corrected chi connectivity index (χ1v) is 17.2. The zero-order valence-corrected chi connectivity index (χ0v) is 30.0. The predicted octanol–water partition coefficient (Wildman–Crippen LogP) is 6.31. The van der Waals surface area contributed by atoms with Gasteiger partial charge in [0.2, 0.25) is 5.75 Å². The number of hydrogen-bond acceptors (Lipinski definition) is 9. The number of piperazine rings is 1. The second-order valence-corrected chi connectivity index (χ2v) is 12.4. The maximum Gasteiger partial charge on any atom is 0.272 e. The Morgan fingerprint density at radius 2 is 1.32 bits per heavy atom. The summed E-state index contributed by atoms with van der Waals surface area (Å²) in [5.74, 6) is 2.03. The summed E-state index contributed by atoms with van der Waals surface area (Å²) in [5, 5.41) is 8.27. The van der Waals surface area contributed by atoms with E-state index in [1.54, 1.807) is 48.8 Å². The highest BCUT2D eigenvalue weighted by atomic mass is 16.5. The number of nitrogens with one attached hydrogen (secondary N) is 1. The SMILES string of the molecule is COc1ccc(-c2cc(C(=O)N3CCN(C(=O)c4ccccc4NCc4cc(OC)c(OC)c(OC)c4)CC3)nc3cc(-c4ccccc4)nn23)cc1. The minimum absolute atomic E-state index is 0.112. The predicted molar refractivity (Wildman–Crippen MR) is 202 cm³/mol. The number of carbonyl (C=O) groups is 2. The molecule has 0 saturated carbocycles. The highest BCUT2D eigenvalue weighted by Crippen LogP contribution is 2.38. The molecule has 0 radical (unpaired) electrons. The molecule has 7 rings (SSSR count). The third-order valence-electron chi connectivity index (χ3n) is 9.32. The number of para-hydroxylation sites is 1. The van der Waals surface area contributed by atoms with Crippen LogP contribution in [0.15, 0.2) is 103 Å². The Hall–Kier alpha value is -6.56. The number of benzene rings is 4. The molecule has 0 unspecified atom stereocenters. The van der Waals surface area contributed by atoms with E-state index < -0.39 is 0 Å². The van der Waals surface area contributed by atoms with Crippen LogP contribution in [0.25, 0.3) is 28.2 Å². The van der Waals surface area contributed by atoms with Gasteiger partial charge in [-0.15, -0.1) is 0 Å². The van der Waals surface area contributed by atoms with E-state index in [0.717, 1.165) is 33.8 Å². The monoisotopic (exact) mass is 712 g/mol. The van der Waals surface area contributed by atoms with E-state index in [4.69, 9.17) is 29.0 Å². The van der Waals surface area contributed by atoms with Crippen LogP contribution in [0.1, 0.15) is 26.4 Å². The Morgan fingerprint density at radius 1 is 0.679 bits per heavy atom. The molecular formula is C41H40N6O6. The quantitative estimate of drug-likeness (QED) is 0.165. The average Bonchev–Trinajstić information content (AvgIpc) is 3.66. The van der Waals surface area contributed by atoms with Crippen LogP contribution in [0.2, 0.25) is 0 Å². The van der Waals surface area contributed by atoms with Crippen LogP contribution in [0.5, 0.6) is 23.0 Å². The van der Waals surface area contributed by atoms with Gasteiger partial charge < -0.3 is 34.1 Å². The van der Waals surface area contributed by atoms with Gasteiger partial charge in [-0.25, -0.2) is 9.50 Å². The average molecular weight is 713 g/mol. The number of fused-ring (bicyclic) bond motifs is 1. The lowest BCUT2D eigenvalue weighted by atomic mass is 10.1. The van der Waals surface area contributed by atoms with Gasteiger partial charge in [0, 0.05) is 55.6 Å². The highest BCUT2D eigenvalue weighted by Gasteiger charge is 2.28. The number of carbonyl (C=O) groups excluding carboxylic acids is 2. The molecule has 6 aromatic rings. The van der Waals surface area contributed by atoms with Crippen LogP contribution in [-0.2, 0) is 6.54 Å². The second kappa shape index (κ2) is 15.4. The Balaban J connectivity index is 1.08. The first-order chi connectivity index (χ1) is 25.9. The van der Waals surface area contributed by atoms with E-state index >= 15 is 0 Å². The molecule has 0 spiro atoms. The number of ether oxygens (including phenoxy) is 4. The molecular weight excluding hydrogens is 672 g/mol. The molecule has 1 fully saturated rings. The van der Waals surface area contributed by atoms with Crippen molar-refractivity contribution < 1.29 is 28.5 Å². The van der Waals surface area contributed by atoms with Gasteiger partial charge in [-0.05, 0) is 60.2 Å². The Labute approximate surface area is 307 Å². The van der Waals surface area contributed by atoms with Gasteiger partial charge >= 0.3 is 0 Å². The Bertz CT molecular complexity index is 2220. The summed E-state index contributed by atoms with van der Waals surface area (Å²) in [6.07, 6.45) is 0. The fraction of sp³-hybridized carbons (Fsp3) is 0.220. The fourth-order valence-corrected chi connectivity index (χ4v) is 6.50. The van der Waals surface area contributed by atoms with Crippen LogP contribution >= 0.6 is 0 Å². The van der Waals surface area contributed by atoms with Crippen molar-refractivity contribution >= 4 is 23.1 Å². The molecule has 1 aliphatic heterocycles. The van der Waals surface area contributed by atoms with Crippen molar-refractivity contribution in [3.8, 4) is 45.5 Å². The number of methoxy groups -OCH3 is 4. The summed E-state index contributed by atoms with van der Waals surface area (Å²) in [6, 6.07) is 32.3. The van der Waals surface area contributed by atoms with Gasteiger partial charge in [-0.1, -0.05) is 42.5 Å². The topological polar surface area (TPSA) is 120 Å². The Morgan fingerprint density at radius 3 is 1.96 bits per heavy atom. The van der Waals surface area contributed by atoms with Crippen molar-refractivity contribution in [2.24, 2.45) is 0 Å². The number of nitrogens with zero attached hydrogens (tertiary/aromatic N) is 5. The molecule has 1 saturated heterocycles. The molecule has 270 valence electrons. The Kier molecular flexibility index (Phi) is 10.1. The van der Waals surface area contributed by atoms with Crippen molar-refractivity contribution in [3.05, 3.63) is 120 Å². The van der Waals surface area contributed by atoms with Crippen LogP contribution in [0, 0.1) is 0 Å². The first-order valence-electron chi connectivity index (χ1n) is 17.2. The molecule has 4 aromatic carbocycles. The number of aromatic nitrogens is 3. The molecule has 1 N–H and O–H groups in total. The van der Waals surface area contributed by atoms with Gasteiger partial charge in [0.05, 0.1) is 45.4 Å². The van der Waals surface area contributed by atoms with Crippen LogP contribution in [0.4, 0.5) is 5.69 Å².